The maximum atomic E-state index is 6.06. The molecule has 0 spiro atoms. The summed E-state index contributed by atoms with van der Waals surface area (Å²) in [4.78, 5) is 2.13. The summed E-state index contributed by atoms with van der Waals surface area (Å²) in [5.41, 5.74) is 7.80. The van der Waals surface area contributed by atoms with Crippen molar-refractivity contribution in [2.75, 3.05) is 38.2 Å². The van der Waals surface area contributed by atoms with Gasteiger partial charge in [-0.05, 0) is 20.0 Å². The topological polar surface area (TPSA) is 59.1 Å². The highest BCUT2D eigenvalue weighted by atomic mass is 15.3. The van der Waals surface area contributed by atoms with E-state index in [9.17, 15) is 0 Å². The van der Waals surface area contributed by atoms with Gasteiger partial charge in [0.05, 0.1) is 11.4 Å². The van der Waals surface area contributed by atoms with Gasteiger partial charge >= 0.3 is 0 Å². The van der Waals surface area contributed by atoms with Gasteiger partial charge in [0, 0.05) is 20.1 Å². The molecule has 1 heterocycles. The highest BCUT2D eigenvalue weighted by Crippen LogP contribution is 2.27. The van der Waals surface area contributed by atoms with Crippen LogP contribution in [0.25, 0.3) is 0 Å². The van der Waals surface area contributed by atoms with Gasteiger partial charge in [-0.2, -0.15) is 5.10 Å². The van der Waals surface area contributed by atoms with E-state index >= 15 is 0 Å². The number of nitrogens with zero attached hydrogens (tertiary/aromatic N) is 3. The molecule has 0 bridgehead atoms. The van der Waals surface area contributed by atoms with Crippen LogP contribution < -0.4 is 11.1 Å². The molecule has 16 heavy (non-hydrogen) atoms. The Kier molecular flexibility index (Phi) is 4.18. The van der Waals surface area contributed by atoms with Gasteiger partial charge in [0.2, 0.25) is 0 Å². The fourth-order valence-corrected chi connectivity index (χ4v) is 1.60. The molecule has 5 nitrogen and oxygen atoms in total. The van der Waals surface area contributed by atoms with Crippen molar-refractivity contribution >= 4 is 11.5 Å². The fraction of sp³-hybridized carbons (Fsp3) is 0.727. The van der Waals surface area contributed by atoms with Gasteiger partial charge in [0.1, 0.15) is 5.82 Å². The number of likely N-dealkylation sites (N-methyl/N-ethyl adjacent to an activating group) is 1. The van der Waals surface area contributed by atoms with Crippen LogP contribution in [0.3, 0.4) is 0 Å². The van der Waals surface area contributed by atoms with Crippen molar-refractivity contribution in [1.29, 1.82) is 0 Å². The molecule has 0 unspecified atom stereocenters. The van der Waals surface area contributed by atoms with Crippen LogP contribution in [0.4, 0.5) is 11.5 Å². The van der Waals surface area contributed by atoms with Crippen LogP contribution in [0.5, 0.6) is 0 Å². The minimum absolute atomic E-state index is 0.357. The van der Waals surface area contributed by atoms with Crippen LogP contribution in [0.1, 0.15) is 25.5 Å². The first kappa shape index (κ1) is 12.8. The minimum atomic E-state index is 0.357. The molecule has 0 radical (unpaired) electrons. The molecule has 92 valence electrons. The van der Waals surface area contributed by atoms with Crippen molar-refractivity contribution in [3.05, 3.63) is 5.69 Å². The van der Waals surface area contributed by atoms with Crippen molar-refractivity contribution in [1.82, 2.24) is 14.7 Å². The third kappa shape index (κ3) is 2.88. The number of nitrogen functional groups attached to an aromatic ring is 1. The zero-order valence-electron chi connectivity index (χ0n) is 10.9. The van der Waals surface area contributed by atoms with Crippen molar-refractivity contribution < 1.29 is 0 Å². The molecule has 5 heteroatoms. The van der Waals surface area contributed by atoms with E-state index in [1.807, 2.05) is 25.8 Å². The maximum Gasteiger partial charge on any atom is 0.147 e. The molecule has 0 atom stereocenters. The molecule has 0 aliphatic rings. The number of aromatic nitrogens is 2. The lowest BCUT2D eigenvalue weighted by Gasteiger charge is -2.12. The molecule has 0 aliphatic heterocycles. The monoisotopic (exact) mass is 225 g/mol. The van der Waals surface area contributed by atoms with E-state index in [1.54, 1.807) is 0 Å². The second-order valence-electron chi connectivity index (χ2n) is 4.66. The third-order valence-electron chi connectivity index (χ3n) is 2.51. The summed E-state index contributed by atoms with van der Waals surface area (Å²) in [6.45, 7) is 6.04. The van der Waals surface area contributed by atoms with Gasteiger partial charge in [-0.15, -0.1) is 0 Å². The number of nitrogens with two attached hydrogens (primary N) is 1. The Hall–Kier alpha value is -1.23. The maximum absolute atomic E-state index is 6.06. The van der Waals surface area contributed by atoms with Crippen LogP contribution in [-0.2, 0) is 7.05 Å². The summed E-state index contributed by atoms with van der Waals surface area (Å²) in [6, 6.07) is 0. The lowest BCUT2D eigenvalue weighted by molar-refractivity contribution is 0.425. The van der Waals surface area contributed by atoms with Crippen molar-refractivity contribution in [2.45, 2.75) is 19.8 Å². The van der Waals surface area contributed by atoms with E-state index < -0.39 is 0 Å². The van der Waals surface area contributed by atoms with E-state index in [2.05, 4.69) is 29.2 Å². The Balaban J connectivity index is 2.72. The molecule has 1 aromatic rings. The summed E-state index contributed by atoms with van der Waals surface area (Å²) in [7, 11) is 6.02. The quantitative estimate of drug-likeness (QED) is 0.788. The van der Waals surface area contributed by atoms with Crippen LogP contribution in [0.15, 0.2) is 0 Å². The zero-order chi connectivity index (χ0) is 12.3. The predicted octanol–water partition coefficient (Wildman–Crippen LogP) is 1.10. The molecule has 3 N–H and O–H groups in total. The molecule has 0 amide bonds. The number of hydrogen-bond donors (Lipinski definition) is 2. The Labute approximate surface area is 97.6 Å². The number of hydrogen-bond acceptors (Lipinski definition) is 4. The molecular formula is C11H23N5. The van der Waals surface area contributed by atoms with E-state index in [4.69, 9.17) is 5.73 Å². The van der Waals surface area contributed by atoms with Gasteiger partial charge in [-0.3, -0.25) is 4.68 Å². The first-order chi connectivity index (χ1) is 7.43. The van der Waals surface area contributed by atoms with Gasteiger partial charge < -0.3 is 16.0 Å². The normalized spacial score (nSPS) is 11.4. The highest BCUT2D eigenvalue weighted by molar-refractivity contribution is 5.65. The van der Waals surface area contributed by atoms with Crippen LogP contribution in [-0.4, -0.2) is 41.9 Å². The van der Waals surface area contributed by atoms with E-state index in [0.29, 0.717) is 5.92 Å². The van der Waals surface area contributed by atoms with Gasteiger partial charge in [-0.1, -0.05) is 13.8 Å². The summed E-state index contributed by atoms with van der Waals surface area (Å²) < 4.78 is 1.82. The molecule has 0 aromatic carbocycles. The van der Waals surface area contributed by atoms with Crippen LogP contribution in [0, 0.1) is 0 Å². The van der Waals surface area contributed by atoms with Crippen molar-refractivity contribution in [3.63, 3.8) is 0 Å². The average Bonchev–Trinajstić information content (AvgIpc) is 2.44. The minimum Gasteiger partial charge on any atom is -0.394 e. The number of nitrogens with one attached hydrogen (secondary N) is 1. The van der Waals surface area contributed by atoms with E-state index in [-0.39, 0.29) is 0 Å². The Morgan fingerprint density at radius 3 is 2.50 bits per heavy atom. The van der Waals surface area contributed by atoms with Crippen molar-refractivity contribution in [2.24, 2.45) is 7.05 Å². The molecule has 0 fully saturated rings. The second-order valence-corrected chi connectivity index (χ2v) is 4.66. The smallest absolute Gasteiger partial charge is 0.147 e. The van der Waals surface area contributed by atoms with E-state index in [0.717, 1.165) is 30.3 Å². The van der Waals surface area contributed by atoms with Crippen LogP contribution in [0.2, 0.25) is 0 Å². The third-order valence-corrected chi connectivity index (χ3v) is 2.51. The van der Waals surface area contributed by atoms with Crippen LogP contribution >= 0.6 is 0 Å². The molecule has 0 saturated carbocycles. The summed E-state index contributed by atoms with van der Waals surface area (Å²) >= 11 is 0. The average molecular weight is 225 g/mol. The summed E-state index contributed by atoms with van der Waals surface area (Å²) in [5.74, 6) is 1.28. The fourth-order valence-electron chi connectivity index (χ4n) is 1.60. The summed E-state index contributed by atoms with van der Waals surface area (Å²) in [6.07, 6.45) is 0. The molecule has 0 aliphatic carbocycles. The summed E-state index contributed by atoms with van der Waals surface area (Å²) in [5, 5.41) is 7.74. The van der Waals surface area contributed by atoms with Gasteiger partial charge in [0.15, 0.2) is 0 Å². The lowest BCUT2D eigenvalue weighted by Crippen LogP contribution is -2.22. The van der Waals surface area contributed by atoms with Crippen molar-refractivity contribution in [3.8, 4) is 0 Å². The van der Waals surface area contributed by atoms with E-state index in [1.165, 1.54) is 0 Å². The molecule has 0 saturated heterocycles. The Morgan fingerprint density at radius 2 is 2.06 bits per heavy atom. The number of anilines is 2. The predicted molar refractivity (Wildman–Crippen MR) is 68.8 cm³/mol. The highest BCUT2D eigenvalue weighted by Gasteiger charge is 2.15. The number of aryl methyl sites for hydroxylation is 1. The first-order valence-corrected chi connectivity index (χ1v) is 5.64. The molecular weight excluding hydrogens is 202 g/mol. The largest absolute Gasteiger partial charge is 0.394 e. The number of rotatable bonds is 5. The Bertz CT molecular complexity index is 340. The Morgan fingerprint density at radius 1 is 1.44 bits per heavy atom. The zero-order valence-corrected chi connectivity index (χ0v) is 10.9. The van der Waals surface area contributed by atoms with Gasteiger partial charge in [0.25, 0.3) is 0 Å². The molecule has 1 aromatic heterocycles. The standard InChI is InChI=1S/C11H23N5/c1-8(2)10-9(12)11(16(5)14-10)13-6-7-15(3)4/h8,13H,6-7,12H2,1-5H3. The lowest BCUT2D eigenvalue weighted by atomic mass is 10.1. The first-order valence-electron chi connectivity index (χ1n) is 5.64. The SMILES string of the molecule is CC(C)c1nn(C)c(NCCN(C)C)c1N. The molecule has 1 rings (SSSR count). The second kappa shape index (κ2) is 5.21. The van der Waals surface area contributed by atoms with Gasteiger partial charge in [-0.25, -0.2) is 0 Å².